The SMILES string of the molecule is CCCC(C#N)NC(=O)c1ccc(F)cc1C. The van der Waals surface area contributed by atoms with Crippen molar-refractivity contribution in [3.05, 3.63) is 35.1 Å². The molecule has 1 rings (SSSR count). The standard InChI is InChI=1S/C13H15FN2O/c1-3-4-11(8-15)16-13(17)12-6-5-10(14)7-9(12)2/h5-7,11H,3-4H2,1-2H3,(H,16,17). The number of nitriles is 1. The third-order valence-corrected chi connectivity index (χ3v) is 2.47. The summed E-state index contributed by atoms with van der Waals surface area (Å²) in [6.45, 7) is 3.61. The van der Waals surface area contributed by atoms with E-state index >= 15 is 0 Å². The van der Waals surface area contributed by atoms with Crippen LogP contribution in [0, 0.1) is 24.1 Å². The van der Waals surface area contributed by atoms with E-state index in [1.54, 1.807) is 6.92 Å². The Morgan fingerprint density at radius 1 is 1.59 bits per heavy atom. The third-order valence-electron chi connectivity index (χ3n) is 2.47. The highest BCUT2D eigenvalue weighted by molar-refractivity contribution is 5.95. The molecule has 0 spiro atoms. The summed E-state index contributed by atoms with van der Waals surface area (Å²) in [5, 5.41) is 11.5. The van der Waals surface area contributed by atoms with E-state index in [4.69, 9.17) is 5.26 Å². The van der Waals surface area contributed by atoms with E-state index in [-0.39, 0.29) is 11.7 Å². The molecule has 0 aromatic heterocycles. The van der Waals surface area contributed by atoms with Crippen LogP contribution in [0.15, 0.2) is 18.2 Å². The van der Waals surface area contributed by atoms with Gasteiger partial charge in [0.1, 0.15) is 11.9 Å². The molecule has 3 nitrogen and oxygen atoms in total. The number of hydrogen-bond acceptors (Lipinski definition) is 2. The molecule has 1 amide bonds. The fourth-order valence-electron chi connectivity index (χ4n) is 1.58. The van der Waals surface area contributed by atoms with Gasteiger partial charge in [-0.05, 0) is 37.1 Å². The molecule has 1 N–H and O–H groups in total. The minimum absolute atomic E-state index is 0.331. The number of aryl methyl sites for hydroxylation is 1. The summed E-state index contributed by atoms with van der Waals surface area (Å²) >= 11 is 0. The lowest BCUT2D eigenvalue weighted by Crippen LogP contribution is -2.34. The van der Waals surface area contributed by atoms with Crippen LogP contribution in [0.3, 0.4) is 0 Å². The summed E-state index contributed by atoms with van der Waals surface area (Å²) in [7, 11) is 0. The number of rotatable bonds is 4. The molecule has 0 bridgehead atoms. The van der Waals surface area contributed by atoms with Crippen molar-refractivity contribution in [2.75, 3.05) is 0 Å². The van der Waals surface area contributed by atoms with Gasteiger partial charge in [-0.3, -0.25) is 4.79 Å². The summed E-state index contributed by atoms with van der Waals surface area (Å²) in [5.74, 6) is -0.702. The summed E-state index contributed by atoms with van der Waals surface area (Å²) in [6.07, 6.45) is 1.43. The monoisotopic (exact) mass is 234 g/mol. The summed E-state index contributed by atoms with van der Waals surface area (Å²) < 4.78 is 12.9. The smallest absolute Gasteiger partial charge is 0.252 e. The van der Waals surface area contributed by atoms with Gasteiger partial charge in [-0.15, -0.1) is 0 Å². The molecule has 1 aromatic rings. The molecular formula is C13H15FN2O. The number of halogens is 1. The predicted molar refractivity (Wildman–Crippen MR) is 62.9 cm³/mol. The molecule has 0 radical (unpaired) electrons. The molecule has 0 aliphatic rings. The first-order chi connectivity index (χ1) is 8.08. The van der Waals surface area contributed by atoms with Crippen LogP contribution in [0.4, 0.5) is 4.39 Å². The van der Waals surface area contributed by atoms with Crippen molar-refractivity contribution in [1.29, 1.82) is 5.26 Å². The highest BCUT2D eigenvalue weighted by atomic mass is 19.1. The molecule has 1 unspecified atom stereocenters. The van der Waals surface area contributed by atoms with E-state index in [1.807, 2.05) is 13.0 Å². The average molecular weight is 234 g/mol. The first-order valence-corrected chi connectivity index (χ1v) is 5.55. The number of nitrogens with zero attached hydrogens (tertiary/aromatic N) is 1. The van der Waals surface area contributed by atoms with Crippen LogP contribution in [-0.4, -0.2) is 11.9 Å². The number of carbonyl (C=O) groups excluding carboxylic acids is 1. The van der Waals surface area contributed by atoms with Crippen LogP contribution in [0.25, 0.3) is 0 Å². The van der Waals surface area contributed by atoms with Crippen LogP contribution in [-0.2, 0) is 0 Å². The minimum atomic E-state index is -0.489. The van der Waals surface area contributed by atoms with Crippen molar-refractivity contribution in [2.45, 2.75) is 32.7 Å². The van der Waals surface area contributed by atoms with Gasteiger partial charge >= 0.3 is 0 Å². The fourth-order valence-corrected chi connectivity index (χ4v) is 1.58. The second-order valence-electron chi connectivity index (χ2n) is 3.90. The number of carbonyl (C=O) groups is 1. The first kappa shape index (κ1) is 13.2. The second-order valence-corrected chi connectivity index (χ2v) is 3.90. The molecule has 0 heterocycles. The van der Waals surface area contributed by atoms with Gasteiger partial charge in [0.05, 0.1) is 6.07 Å². The number of benzene rings is 1. The van der Waals surface area contributed by atoms with Gasteiger partial charge in [0, 0.05) is 5.56 Å². The van der Waals surface area contributed by atoms with Gasteiger partial charge in [0.15, 0.2) is 0 Å². The van der Waals surface area contributed by atoms with Crippen LogP contribution in [0.5, 0.6) is 0 Å². The largest absolute Gasteiger partial charge is 0.336 e. The Labute approximate surface area is 100 Å². The van der Waals surface area contributed by atoms with Crippen molar-refractivity contribution in [2.24, 2.45) is 0 Å². The highest BCUT2D eigenvalue weighted by Gasteiger charge is 2.14. The van der Waals surface area contributed by atoms with Gasteiger partial charge in [0.2, 0.25) is 0 Å². The van der Waals surface area contributed by atoms with Crippen LogP contribution in [0.2, 0.25) is 0 Å². The maximum absolute atomic E-state index is 12.9. The number of nitrogens with one attached hydrogen (secondary N) is 1. The third kappa shape index (κ3) is 3.56. The lowest BCUT2D eigenvalue weighted by atomic mass is 10.1. The van der Waals surface area contributed by atoms with E-state index < -0.39 is 6.04 Å². The Bertz CT molecular complexity index is 451. The van der Waals surface area contributed by atoms with E-state index in [1.165, 1.54) is 18.2 Å². The minimum Gasteiger partial charge on any atom is -0.336 e. The van der Waals surface area contributed by atoms with Crippen molar-refractivity contribution >= 4 is 5.91 Å². The highest BCUT2D eigenvalue weighted by Crippen LogP contribution is 2.10. The average Bonchev–Trinajstić information content (AvgIpc) is 2.28. The zero-order valence-corrected chi connectivity index (χ0v) is 9.96. The van der Waals surface area contributed by atoms with Gasteiger partial charge in [-0.1, -0.05) is 13.3 Å². The first-order valence-electron chi connectivity index (χ1n) is 5.55. The Balaban J connectivity index is 2.79. The normalized spacial score (nSPS) is 11.6. The Hall–Kier alpha value is -1.89. The molecule has 0 saturated carbocycles. The topological polar surface area (TPSA) is 52.9 Å². The lowest BCUT2D eigenvalue weighted by Gasteiger charge is -2.11. The molecule has 17 heavy (non-hydrogen) atoms. The zero-order chi connectivity index (χ0) is 12.8. The van der Waals surface area contributed by atoms with Gasteiger partial charge < -0.3 is 5.32 Å². The fraction of sp³-hybridized carbons (Fsp3) is 0.385. The van der Waals surface area contributed by atoms with Crippen LogP contribution >= 0.6 is 0 Å². The van der Waals surface area contributed by atoms with E-state index in [0.29, 0.717) is 17.5 Å². The Morgan fingerprint density at radius 3 is 2.82 bits per heavy atom. The van der Waals surface area contributed by atoms with E-state index in [2.05, 4.69) is 5.32 Å². The van der Waals surface area contributed by atoms with E-state index in [0.717, 1.165) is 6.42 Å². The Morgan fingerprint density at radius 2 is 2.29 bits per heavy atom. The zero-order valence-electron chi connectivity index (χ0n) is 9.96. The molecule has 4 heteroatoms. The molecule has 0 saturated heterocycles. The Kier molecular flexibility index (Phi) is 4.65. The van der Waals surface area contributed by atoms with E-state index in [9.17, 15) is 9.18 Å². The van der Waals surface area contributed by atoms with Crippen LogP contribution < -0.4 is 5.32 Å². The van der Waals surface area contributed by atoms with Gasteiger partial charge in [0.25, 0.3) is 5.91 Å². The molecule has 0 aliphatic heterocycles. The maximum Gasteiger partial charge on any atom is 0.252 e. The summed E-state index contributed by atoms with van der Waals surface area (Å²) in [6, 6.07) is 5.51. The quantitative estimate of drug-likeness (QED) is 0.870. The predicted octanol–water partition coefficient (Wildman–Crippen LogP) is 2.56. The number of amides is 1. The van der Waals surface area contributed by atoms with Crippen LogP contribution in [0.1, 0.15) is 35.7 Å². The molecule has 1 atom stereocenters. The molecular weight excluding hydrogens is 219 g/mol. The summed E-state index contributed by atoms with van der Waals surface area (Å²) in [5.41, 5.74) is 0.971. The second kappa shape index (κ2) is 6.00. The van der Waals surface area contributed by atoms with Gasteiger partial charge in [-0.2, -0.15) is 5.26 Å². The van der Waals surface area contributed by atoms with Crippen molar-refractivity contribution in [3.8, 4) is 6.07 Å². The molecule has 1 aromatic carbocycles. The lowest BCUT2D eigenvalue weighted by molar-refractivity contribution is 0.0943. The molecule has 0 aliphatic carbocycles. The number of hydrogen-bond donors (Lipinski definition) is 1. The van der Waals surface area contributed by atoms with Crippen molar-refractivity contribution < 1.29 is 9.18 Å². The maximum atomic E-state index is 12.9. The summed E-state index contributed by atoms with van der Waals surface area (Å²) in [4.78, 5) is 11.8. The van der Waals surface area contributed by atoms with Gasteiger partial charge in [-0.25, -0.2) is 4.39 Å². The molecule has 90 valence electrons. The van der Waals surface area contributed by atoms with Crippen molar-refractivity contribution in [3.63, 3.8) is 0 Å². The molecule has 0 fully saturated rings. The van der Waals surface area contributed by atoms with Crippen molar-refractivity contribution in [1.82, 2.24) is 5.32 Å².